The van der Waals surface area contributed by atoms with Crippen LogP contribution in [0, 0.1) is 29.6 Å². The standard InChI is InChI=1S/C16H31N/c1-11-4-6-14(7-5-11)16(17)15-9-12(2)8-13(3)10-15/h11-16H,4-10,17H2,1-3H3. The van der Waals surface area contributed by atoms with Gasteiger partial charge in [-0.25, -0.2) is 0 Å². The number of nitrogens with two attached hydrogens (primary N) is 1. The average molecular weight is 237 g/mol. The molecule has 2 fully saturated rings. The van der Waals surface area contributed by atoms with E-state index >= 15 is 0 Å². The molecule has 0 radical (unpaired) electrons. The van der Waals surface area contributed by atoms with E-state index in [-0.39, 0.29) is 0 Å². The predicted octanol–water partition coefficient (Wildman–Crippen LogP) is 4.21. The van der Waals surface area contributed by atoms with E-state index < -0.39 is 0 Å². The maximum Gasteiger partial charge on any atom is 0.00958 e. The summed E-state index contributed by atoms with van der Waals surface area (Å²) in [5, 5.41) is 0. The fourth-order valence-corrected chi connectivity index (χ4v) is 4.38. The summed E-state index contributed by atoms with van der Waals surface area (Å²) in [7, 11) is 0. The van der Waals surface area contributed by atoms with Gasteiger partial charge in [-0.1, -0.05) is 33.6 Å². The molecule has 3 atom stereocenters. The lowest BCUT2D eigenvalue weighted by Gasteiger charge is -2.40. The topological polar surface area (TPSA) is 26.0 Å². The van der Waals surface area contributed by atoms with Crippen LogP contribution in [0.2, 0.25) is 0 Å². The minimum absolute atomic E-state index is 0.493. The van der Waals surface area contributed by atoms with Crippen LogP contribution in [0.5, 0.6) is 0 Å². The van der Waals surface area contributed by atoms with Crippen LogP contribution in [0.25, 0.3) is 0 Å². The molecule has 3 unspecified atom stereocenters. The van der Waals surface area contributed by atoms with Gasteiger partial charge in [-0.05, 0) is 61.7 Å². The maximum atomic E-state index is 6.59. The SMILES string of the molecule is CC1CCC(C(N)C2CC(C)CC(C)C2)CC1. The lowest BCUT2D eigenvalue weighted by atomic mass is 9.68. The zero-order valence-electron chi connectivity index (χ0n) is 12.0. The normalized spacial score (nSPS) is 45.5. The highest BCUT2D eigenvalue weighted by Crippen LogP contribution is 2.39. The number of hydrogen-bond donors (Lipinski definition) is 1. The predicted molar refractivity (Wildman–Crippen MR) is 74.8 cm³/mol. The monoisotopic (exact) mass is 237 g/mol. The second-order valence-corrected chi connectivity index (χ2v) is 7.27. The smallest absolute Gasteiger partial charge is 0.00958 e. The van der Waals surface area contributed by atoms with Crippen molar-refractivity contribution in [3.05, 3.63) is 0 Å². The molecule has 2 aliphatic rings. The second kappa shape index (κ2) is 5.73. The van der Waals surface area contributed by atoms with Crippen LogP contribution in [-0.2, 0) is 0 Å². The highest BCUT2D eigenvalue weighted by atomic mass is 14.7. The van der Waals surface area contributed by atoms with Gasteiger partial charge >= 0.3 is 0 Å². The largest absolute Gasteiger partial charge is 0.327 e. The Kier molecular flexibility index (Phi) is 4.52. The summed E-state index contributed by atoms with van der Waals surface area (Å²) >= 11 is 0. The van der Waals surface area contributed by atoms with Gasteiger partial charge in [0, 0.05) is 6.04 Å². The minimum Gasteiger partial charge on any atom is -0.327 e. The van der Waals surface area contributed by atoms with Gasteiger partial charge in [-0.3, -0.25) is 0 Å². The molecule has 0 heterocycles. The van der Waals surface area contributed by atoms with E-state index in [1.54, 1.807) is 0 Å². The molecule has 2 N–H and O–H groups in total. The van der Waals surface area contributed by atoms with Crippen molar-refractivity contribution in [2.45, 2.75) is 71.8 Å². The molecule has 1 heteroatoms. The summed E-state index contributed by atoms with van der Waals surface area (Å²) in [6.07, 6.45) is 9.80. The Morgan fingerprint density at radius 1 is 0.706 bits per heavy atom. The molecular weight excluding hydrogens is 206 g/mol. The molecule has 2 rings (SSSR count). The summed E-state index contributed by atoms with van der Waals surface area (Å²) < 4.78 is 0. The molecule has 1 nitrogen and oxygen atoms in total. The quantitative estimate of drug-likeness (QED) is 0.765. The Morgan fingerprint density at radius 2 is 1.24 bits per heavy atom. The molecule has 0 aromatic heterocycles. The molecule has 0 aromatic carbocycles. The van der Waals surface area contributed by atoms with Crippen molar-refractivity contribution >= 4 is 0 Å². The zero-order valence-corrected chi connectivity index (χ0v) is 12.0. The maximum absolute atomic E-state index is 6.59. The highest BCUT2D eigenvalue weighted by molar-refractivity contribution is 4.87. The Hall–Kier alpha value is -0.0400. The van der Waals surface area contributed by atoms with Crippen LogP contribution in [-0.4, -0.2) is 6.04 Å². The molecule has 0 bridgehead atoms. The van der Waals surface area contributed by atoms with E-state index in [1.165, 1.54) is 44.9 Å². The number of rotatable bonds is 2. The lowest BCUT2D eigenvalue weighted by molar-refractivity contribution is 0.139. The fourth-order valence-electron chi connectivity index (χ4n) is 4.38. The molecule has 0 amide bonds. The summed E-state index contributed by atoms with van der Waals surface area (Å²) in [6.45, 7) is 7.23. The molecule has 0 aliphatic heterocycles. The van der Waals surface area contributed by atoms with Crippen LogP contribution in [0.3, 0.4) is 0 Å². The molecule has 2 aliphatic carbocycles. The molecule has 100 valence electrons. The third-order valence-electron chi connectivity index (χ3n) is 5.36. The summed E-state index contributed by atoms with van der Waals surface area (Å²) in [5.74, 6) is 4.39. The van der Waals surface area contributed by atoms with Gasteiger partial charge in [-0.2, -0.15) is 0 Å². The van der Waals surface area contributed by atoms with Crippen LogP contribution >= 0.6 is 0 Å². The van der Waals surface area contributed by atoms with Crippen LogP contribution in [0.15, 0.2) is 0 Å². The zero-order chi connectivity index (χ0) is 12.4. The molecule has 0 aromatic rings. The van der Waals surface area contributed by atoms with Crippen molar-refractivity contribution < 1.29 is 0 Å². The van der Waals surface area contributed by atoms with Gasteiger partial charge in [0.2, 0.25) is 0 Å². The minimum atomic E-state index is 0.493. The molecular formula is C16H31N. The van der Waals surface area contributed by atoms with E-state index in [9.17, 15) is 0 Å². The van der Waals surface area contributed by atoms with E-state index in [1.807, 2.05) is 0 Å². The van der Waals surface area contributed by atoms with Crippen molar-refractivity contribution in [2.24, 2.45) is 35.3 Å². The number of hydrogen-bond acceptors (Lipinski definition) is 1. The van der Waals surface area contributed by atoms with Gasteiger partial charge in [0.15, 0.2) is 0 Å². The Balaban J connectivity index is 1.88. The first-order chi connectivity index (χ1) is 8.06. The van der Waals surface area contributed by atoms with E-state index in [0.717, 1.165) is 29.6 Å². The van der Waals surface area contributed by atoms with Crippen molar-refractivity contribution in [1.82, 2.24) is 0 Å². The third-order valence-corrected chi connectivity index (χ3v) is 5.36. The van der Waals surface area contributed by atoms with Crippen LogP contribution < -0.4 is 5.73 Å². The Morgan fingerprint density at radius 3 is 1.76 bits per heavy atom. The average Bonchev–Trinajstić information content (AvgIpc) is 2.28. The van der Waals surface area contributed by atoms with E-state index in [2.05, 4.69) is 20.8 Å². The van der Waals surface area contributed by atoms with Gasteiger partial charge in [0.1, 0.15) is 0 Å². The first-order valence-electron chi connectivity index (χ1n) is 7.81. The van der Waals surface area contributed by atoms with Crippen molar-refractivity contribution in [1.29, 1.82) is 0 Å². The first kappa shape index (κ1) is 13.4. The van der Waals surface area contributed by atoms with Crippen molar-refractivity contribution in [3.63, 3.8) is 0 Å². The highest BCUT2D eigenvalue weighted by Gasteiger charge is 2.33. The van der Waals surface area contributed by atoms with E-state index in [0.29, 0.717) is 6.04 Å². The van der Waals surface area contributed by atoms with Crippen molar-refractivity contribution in [3.8, 4) is 0 Å². The second-order valence-electron chi connectivity index (χ2n) is 7.27. The summed E-state index contributed by atoms with van der Waals surface area (Å²) in [4.78, 5) is 0. The third kappa shape index (κ3) is 3.47. The van der Waals surface area contributed by atoms with Crippen LogP contribution in [0.1, 0.15) is 65.7 Å². The Bertz CT molecular complexity index is 220. The van der Waals surface area contributed by atoms with Gasteiger partial charge < -0.3 is 5.73 Å². The lowest BCUT2D eigenvalue weighted by Crippen LogP contribution is -2.42. The van der Waals surface area contributed by atoms with E-state index in [4.69, 9.17) is 5.73 Å². The first-order valence-corrected chi connectivity index (χ1v) is 7.81. The molecule has 0 spiro atoms. The van der Waals surface area contributed by atoms with Gasteiger partial charge in [0.05, 0.1) is 0 Å². The molecule has 2 saturated carbocycles. The molecule has 0 saturated heterocycles. The fraction of sp³-hybridized carbons (Fsp3) is 1.00. The summed E-state index contributed by atoms with van der Waals surface area (Å²) in [6, 6.07) is 0.493. The summed E-state index contributed by atoms with van der Waals surface area (Å²) in [5.41, 5.74) is 6.59. The van der Waals surface area contributed by atoms with Crippen molar-refractivity contribution in [2.75, 3.05) is 0 Å². The Labute approximate surface area is 108 Å². The molecule has 17 heavy (non-hydrogen) atoms. The van der Waals surface area contributed by atoms with Gasteiger partial charge in [-0.15, -0.1) is 0 Å². The van der Waals surface area contributed by atoms with Gasteiger partial charge in [0.25, 0.3) is 0 Å². The van der Waals surface area contributed by atoms with Crippen LogP contribution in [0.4, 0.5) is 0 Å².